The molecule has 27 rings (SSSR count). The van der Waals surface area contributed by atoms with Crippen LogP contribution in [-0.4, -0.2) is 54.1 Å². The number of allylic oxidation sites excluding steroid dienone is 1. The molecule has 668 valence electrons. The van der Waals surface area contributed by atoms with Gasteiger partial charge in [0.25, 0.3) is 0 Å². The van der Waals surface area contributed by atoms with Gasteiger partial charge in [-0.15, -0.1) is 0 Å². The van der Waals surface area contributed by atoms with Crippen molar-refractivity contribution in [1.82, 2.24) is 47.8 Å². The van der Waals surface area contributed by atoms with Crippen LogP contribution in [0.5, 0.6) is 0 Å². The van der Waals surface area contributed by atoms with Crippen LogP contribution in [0.1, 0.15) is 112 Å². The largest absolute Gasteiger partial charge is 0.398 e. The van der Waals surface area contributed by atoms with Gasteiger partial charge in [-0.25, -0.2) is 24.9 Å². The molecule has 7 N–H and O–H groups in total. The third-order valence-corrected chi connectivity index (χ3v) is 29.1. The first-order valence-electron chi connectivity index (χ1n) is 46.1. The lowest BCUT2D eigenvalue weighted by Crippen LogP contribution is -2.30. The van der Waals surface area contributed by atoms with E-state index in [1.807, 2.05) is 105 Å². The molecule has 0 atom stereocenters. The van der Waals surface area contributed by atoms with Crippen molar-refractivity contribution >= 4 is 187 Å². The van der Waals surface area contributed by atoms with Crippen molar-refractivity contribution < 1.29 is 0 Å². The Kier molecular flexibility index (Phi) is 21.3. The van der Waals surface area contributed by atoms with E-state index < -0.39 is 0 Å². The second kappa shape index (κ2) is 33.9. The van der Waals surface area contributed by atoms with Crippen LogP contribution in [0.3, 0.4) is 0 Å². The van der Waals surface area contributed by atoms with E-state index >= 15 is 0 Å². The highest BCUT2D eigenvalue weighted by atomic mass is 79.9. The molecular weight excluding hydrogens is 1810 g/mol. The molecule has 0 unspecified atom stereocenters. The van der Waals surface area contributed by atoms with Gasteiger partial charge in [-0.2, -0.15) is 5.10 Å². The van der Waals surface area contributed by atoms with E-state index in [1.54, 1.807) is 0 Å². The molecule has 13 aromatic carbocycles. The molecule has 0 fully saturated rings. The summed E-state index contributed by atoms with van der Waals surface area (Å²) in [6.07, 6.45) is 10.4. The molecule has 14 heterocycles. The molecule has 4 aliphatic heterocycles. The van der Waals surface area contributed by atoms with Crippen molar-refractivity contribution in [2.75, 3.05) is 16.0 Å². The van der Waals surface area contributed by atoms with Crippen molar-refractivity contribution in [2.24, 2.45) is 16.7 Å². The van der Waals surface area contributed by atoms with Gasteiger partial charge in [0.2, 0.25) is 0 Å². The van der Waals surface area contributed by atoms with Gasteiger partial charge in [-0.1, -0.05) is 288 Å². The summed E-state index contributed by atoms with van der Waals surface area (Å²) in [5.41, 5.74) is 40.9. The number of aromatic nitrogens is 10. The Morgan fingerprint density at radius 1 is 0.321 bits per heavy atom. The lowest BCUT2D eigenvalue weighted by Gasteiger charge is -2.42. The van der Waals surface area contributed by atoms with E-state index in [-0.39, 0.29) is 21.7 Å². The topological polar surface area (TPSA) is 195 Å². The predicted octanol–water partition coefficient (Wildman–Crippen LogP) is 29.7. The number of pyridine rings is 5. The number of anilines is 6. The number of benzene rings is 13. The summed E-state index contributed by atoms with van der Waals surface area (Å²) in [6, 6.07) is 121. The zero-order valence-electron chi connectivity index (χ0n) is 77.4. The van der Waals surface area contributed by atoms with E-state index in [0.717, 1.165) is 83.4 Å². The number of halogens is 2. The zero-order valence-corrected chi connectivity index (χ0v) is 80.5. The minimum absolute atomic E-state index is 0.0509. The monoisotopic (exact) mass is 1910 g/mol. The second-order valence-corrected chi connectivity index (χ2v) is 39.3. The number of hydrazone groups is 1. The fraction of sp³-hybridized carbons (Fsp3) is 0.109. The van der Waals surface area contributed by atoms with Crippen molar-refractivity contribution in [1.29, 1.82) is 0 Å². The molecule has 10 aromatic heterocycles. The molecule has 0 aliphatic carbocycles. The molecule has 0 saturated carbocycles. The van der Waals surface area contributed by atoms with Crippen LogP contribution in [0.4, 0.5) is 34.1 Å². The summed E-state index contributed by atoms with van der Waals surface area (Å²) in [5, 5.41) is 19.1. The summed E-state index contributed by atoms with van der Waals surface area (Å²) in [6.45, 7) is 24.3. The van der Waals surface area contributed by atoms with E-state index in [1.165, 1.54) is 160 Å². The van der Waals surface area contributed by atoms with Crippen molar-refractivity contribution in [3.8, 4) is 29.1 Å². The molecule has 137 heavy (non-hydrogen) atoms. The fourth-order valence-electron chi connectivity index (χ4n) is 21.6. The van der Waals surface area contributed by atoms with Crippen molar-refractivity contribution in [3.63, 3.8) is 0 Å². The first kappa shape index (κ1) is 86.4. The van der Waals surface area contributed by atoms with Gasteiger partial charge >= 0.3 is 0 Å². The van der Waals surface area contributed by atoms with E-state index in [9.17, 15) is 0 Å². The lowest BCUT2D eigenvalue weighted by atomic mass is 9.73. The van der Waals surface area contributed by atoms with Crippen LogP contribution in [0.2, 0.25) is 0 Å². The van der Waals surface area contributed by atoms with E-state index in [2.05, 4.69) is 427 Å². The maximum absolute atomic E-state index is 5.66. The minimum Gasteiger partial charge on any atom is -0.398 e. The summed E-state index contributed by atoms with van der Waals surface area (Å²) < 4.78 is 13.7. The highest BCUT2D eigenvalue weighted by molar-refractivity contribution is 9.10. The Bertz CT molecular complexity index is 8810. The number of hydrogen-bond acceptors (Lipinski definition) is 10. The Labute approximate surface area is 810 Å². The van der Waals surface area contributed by atoms with Crippen LogP contribution in [0.25, 0.3) is 144 Å². The van der Waals surface area contributed by atoms with Gasteiger partial charge in [-0.05, 0) is 197 Å². The number of rotatable bonds is 5. The Balaban J connectivity index is 0.000000107. The maximum Gasteiger partial charge on any atom is 0.141 e. The number of hydrogen-bond donors (Lipinski definition) is 4. The van der Waals surface area contributed by atoms with E-state index in [4.69, 9.17) is 20.7 Å². The number of fused-ring (bicyclic) bond motifs is 23. The zero-order chi connectivity index (χ0) is 94.1. The van der Waals surface area contributed by atoms with Crippen LogP contribution in [0.15, 0.2) is 391 Å². The summed E-state index contributed by atoms with van der Waals surface area (Å²) in [7, 11) is 0. The molecule has 16 nitrogen and oxygen atoms in total. The highest BCUT2D eigenvalue weighted by Crippen LogP contribution is 2.57. The Morgan fingerprint density at radius 3 is 1.20 bits per heavy atom. The average molecular weight is 1910 g/mol. The van der Waals surface area contributed by atoms with Gasteiger partial charge in [0, 0.05) is 149 Å². The highest BCUT2D eigenvalue weighted by Gasteiger charge is 2.42. The Hall–Kier alpha value is -16.0. The minimum atomic E-state index is -0.228. The molecule has 4 aliphatic rings. The Morgan fingerprint density at radius 2 is 0.701 bits per heavy atom. The molecule has 0 saturated heterocycles. The molecule has 0 spiro atoms. The first-order chi connectivity index (χ1) is 66.5. The van der Waals surface area contributed by atoms with Crippen molar-refractivity contribution in [2.45, 2.75) is 84.0 Å². The van der Waals surface area contributed by atoms with Crippen LogP contribution in [0, 0.1) is 0 Å². The lowest BCUT2D eigenvalue weighted by molar-refractivity contribution is 0.624. The molecule has 18 heteroatoms. The normalized spacial score (nSPS) is 13.9. The second-order valence-electron chi connectivity index (χ2n) is 37.5. The number of nitrogens with two attached hydrogens (primary N) is 3. The number of para-hydroxylation sites is 8. The van der Waals surface area contributed by atoms with E-state index in [0.29, 0.717) is 0 Å². The van der Waals surface area contributed by atoms with Gasteiger partial charge in [0.15, 0.2) is 0 Å². The van der Waals surface area contributed by atoms with Gasteiger partial charge < -0.3 is 27.5 Å². The van der Waals surface area contributed by atoms with Crippen LogP contribution >= 0.6 is 31.9 Å². The standard InChI is InChI=1S/C46H35N5.C26H21N3.C20H15BrN2.C17H11BrN2.C9H11N.CH5N3/c1-45(2)33-15-6-8-19-38(33)49(41-27-40-32(26-36(41)45)29-13-5-7-18-37(29)50(40)42-20-9-10-23-47-42)28-21-22-30-31-14-11-16-34-43(31)51(39(30)25-28)44-35(46(34,3)4)17-12-24-48-44;1-26(2)19-10-4-5-11-21(19)28-22-16-24-18(15-20(22)26)17-9-3-6-12-23(17)29(24)25-13-7-8-14-27-25;1-20(2)15-6-3-5-14-13-9-8-12(21)11-17(13)23(18(14)15)19-16(20)7-4-10-22-19;18-12-8-9-14-13-5-1-2-6-15(13)20(16(14)11-12)17-7-3-4-10-19-17;1-7(2)8-5-3-4-6-9(8)10;2-1-4-3/h5-27H,1-4H3;3-16,28H,1-2H3;3-11H,1-2H3;1-11H;3-6H,1,10H2,2H3;1H,3H2,(H2,2,4). The predicted molar refractivity (Wildman–Crippen MR) is 577 cm³/mol. The molecule has 0 radical (unpaired) electrons. The number of nitrogen functional groups attached to an aromatic ring is 1. The summed E-state index contributed by atoms with van der Waals surface area (Å²) in [5.74, 6) is 9.33. The SMILES string of the molecule is Brc1ccc2c3ccccc3n(-c3ccccn3)c2c1.C=C(C)c1ccccc1N.CC1(C)c2ccccc2N(c2ccc3c4cccc5c4n(c3c2)-c2ncccc2C5(C)C)c2cc3c(cc21)c1ccccc1n3-c1ccccn1.CC1(C)c2ccccc2Nc2cc3c(cc21)c1ccccc1n3-c1ccccn1.CC1(C)c2cccnc2-n2c3cc(Br)ccc3c3cccc1c32.N/C=N/N. The average Bonchev–Trinajstić information content (AvgIpc) is 1.49. The first-order valence-corrected chi connectivity index (χ1v) is 47.6. The summed E-state index contributed by atoms with van der Waals surface area (Å²) in [4.78, 5) is 26.2. The quantitative estimate of drug-likeness (QED) is 0.0423. The number of nitrogens with one attached hydrogen (secondary N) is 1. The third-order valence-electron chi connectivity index (χ3n) is 28.1. The van der Waals surface area contributed by atoms with Gasteiger partial charge in [0.1, 0.15) is 35.4 Å². The van der Waals surface area contributed by atoms with Crippen LogP contribution < -0.4 is 27.5 Å². The summed E-state index contributed by atoms with van der Waals surface area (Å²) >= 11 is 7.18. The van der Waals surface area contributed by atoms with Gasteiger partial charge in [-0.3, -0.25) is 22.8 Å². The van der Waals surface area contributed by atoms with Crippen molar-refractivity contribution in [3.05, 3.63) is 436 Å². The maximum atomic E-state index is 5.66. The fourth-order valence-corrected chi connectivity index (χ4v) is 22.3. The third kappa shape index (κ3) is 14.1. The number of nitrogens with zero attached hydrogens (tertiary/aromatic N) is 12. The molecular formula is C119H98Br2N16. The smallest absolute Gasteiger partial charge is 0.141 e. The molecule has 23 aromatic rings. The van der Waals surface area contributed by atoms with Crippen LogP contribution in [-0.2, 0) is 21.7 Å². The molecule has 0 amide bonds. The van der Waals surface area contributed by atoms with Gasteiger partial charge in [0.05, 0.1) is 66.5 Å². The molecule has 0 bridgehead atoms.